The molecule has 1 aliphatic rings. The third-order valence-corrected chi connectivity index (χ3v) is 3.91. The van der Waals surface area contributed by atoms with Crippen LogP contribution in [0.2, 0.25) is 0 Å². The summed E-state index contributed by atoms with van der Waals surface area (Å²) >= 11 is 3.50. The van der Waals surface area contributed by atoms with E-state index in [-0.39, 0.29) is 6.03 Å². The maximum Gasteiger partial charge on any atom is 0.315 e. The van der Waals surface area contributed by atoms with Gasteiger partial charge in [-0.05, 0) is 30.5 Å². The minimum atomic E-state index is -0.120. The minimum Gasteiger partial charge on any atom is -0.371 e. The summed E-state index contributed by atoms with van der Waals surface area (Å²) in [6, 6.07) is 8.21. The smallest absolute Gasteiger partial charge is 0.315 e. The van der Waals surface area contributed by atoms with Gasteiger partial charge in [0, 0.05) is 36.3 Å². The summed E-state index contributed by atoms with van der Waals surface area (Å²) in [5, 5.41) is 5.63. The van der Waals surface area contributed by atoms with E-state index < -0.39 is 0 Å². The Kier molecular flexibility index (Phi) is 5.47. The van der Waals surface area contributed by atoms with Crippen LogP contribution >= 0.6 is 15.9 Å². The molecule has 1 aliphatic heterocycles. The van der Waals surface area contributed by atoms with Gasteiger partial charge in [0.15, 0.2) is 0 Å². The van der Waals surface area contributed by atoms with Crippen molar-refractivity contribution in [3.05, 3.63) is 41.4 Å². The molecule has 0 aromatic heterocycles. The lowest BCUT2D eigenvalue weighted by molar-refractivity contribution is 0.240. The summed E-state index contributed by atoms with van der Waals surface area (Å²) in [6.07, 6.45) is 2.78. The van der Waals surface area contributed by atoms with Crippen molar-refractivity contribution in [2.75, 3.05) is 31.1 Å². The van der Waals surface area contributed by atoms with Crippen molar-refractivity contribution in [3.63, 3.8) is 0 Å². The third-order valence-electron chi connectivity index (χ3n) is 3.42. The number of halogens is 1. The molecule has 108 valence electrons. The number of carbonyl (C=O) groups is 1. The summed E-state index contributed by atoms with van der Waals surface area (Å²) in [4.78, 5) is 13.8. The molecule has 4 nitrogen and oxygen atoms in total. The summed E-state index contributed by atoms with van der Waals surface area (Å²) in [6.45, 7) is 6.81. The standard InChI is InChI=1S/C15H20BrN3O/c1-2-7-17-15(20)18-10-12-6-8-19(11-12)14-5-3-4-13(16)9-14/h2-5,9,12H,1,6-8,10-11H2,(H2,17,18,20). The molecular formula is C15H20BrN3O. The van der Waals surface area contributed by atoms with E-state index in [1.807, 2.05) is 12.1 Å². The number of anilines is 1. The Balaban J connectivity index is 1.78. The van der Waals surface area contributed by atoms with Gasteiger partial charge < -0.3 is 15.5 Å². The van der Waals surface area contributed by atoms with Gasteiger partial charge in [-0.2, -0.15) is 0 Å². The first kappa shape index (κ1) is 14.9. The van der Waals surface area contributed by atoms with Crippen LogP contribution in [0.25, 0.3) is 0 Å². The lowest BCUT2D eigenvalue weighted by Crippen LogP contribution is -2.38. The van der Waals surface area contributed by atoms with Crippen molar-refractivity contribution in [2.24, 2.45) is 5.92 Å². The van der Waals surface area contributed by atoms with E-state index in [4.69, 9.17) is 0 Å². The van der Waals surface area contributed by atoms with Crippen molar-refractivity contribution in [2.45, 2.75) is 6.42 Å². The maximum atomic E-state index is 11.5. The van der Waals surface area contributed by atoms with Crippen LogP contribution in [0.5, 0.6) is 0 Å². The lowest BCUT2D eigenvalue weighted by atomic mass is 10.1. The van der Waals surface area contributed by atoms with E-state index in [1.54, 1.807) is 6.08 Å². The molecule has 0 saturated carbocycles. The average molecular weight is 338 g/mol. The molecule has 1 atom stereocenters. The fraction of sp³-hybridized carbons (Fsp3) is 0.400. The van der Waals surface area contributed by atoms with Crippen LogP contribution < -0.4 is 15.5 Å². The van der Waals surface area contributed by atoms with Crippen LogP contribution in [0.1, 0.15) is 6.42 Å². The van der Waals surface area contributed by atoms with Gasteiger partial charge in [-0.15, -0.1) is 6.58 Å². The number of amides is 2. The Labute approximate surface area is 128 Å². The molecule has 1 heterocycles. The fourth-order valence-corrected chi connectivity index (χ4v) is 2.76. The van der Waals surface area contributed by atoms with Crippen LogP contribution in [0.15, 0.2) is 41.4 Å². The average Bonchev–Trinajstić information content (AvgIpc) is 2.92. The molecule has 2 amide bonds. The van der Waals surface area contributed by atoms with E-state index in [0.717, 1.165) is 24.0 Å². The van der Waals surface area contributed by atoms with Crippen LogP contribution in [-0.4, -0.2) is 32.2 Å². The van der Waals surface area contributed by atoms with E-state index in [0.29, 0.717) is 19.0 Å². The number of carbonyl (C=O) groups excluding carboxylic acids is 1. The monoisotopic (exact) mass is 337 g/mol. The zero-order chi connectivity index (χ0) is 14.4. The summed E-state index contributed by atoms with van der Waals surface area (Å²) in [7, 11) is 0. The molecule has 2 N–H and O–H groups in total. The van der Waals surface area contributed by atoms with E-state index in [1.165, 1.54) is 5.69 Å². The van der Waals surface area contributed by atoms with Crippen LogP contribution in [0.3, 0.4) is 0 Å². The first-order chi connectivity index (χ1) is 9.69. The number of hydrogen-bond donors (Lipinski definition) is 2. The van der Waals surface area contributed by atoms with Crippen molar-refractivity contribution in [1.29, 1.82) is 0 Å². The van der Waals surface area contributed by atoms with Gasteiger partial charge in [0.2, 0.25) is 0 Å². The quantitative estimate of drug-likeness (QED) is 0.811. The van der Waals surface area contributed by atoms with E-state index in [2.05, 4.69) is 50.2 Å². The van der Waals surface area contributed by atoms with Crippen molar-refractivity contribution >= 4 is 27.6 Å². The van der Waals surface area contributed by atoms with E-state index >= 15 is 0 Å². The highest BCUT2D eigenvalue weighted by Gasteiger charge is 2.23. The molecule has 1 aromatic carbocycles. The van der Waals surface area contributed by atoms with Crippen LogP contribution in [0, 0.1) is 5.92 Å². The van der Waals surface area contributed by atoms with Crippen molar-refractivity contribution < 1.29 is 4.79 Å². The summed E-state index contributed by atoms with van der Waals surface area (Å²) < 4.78 is 1.10. The number of nitrogens with one attached hydrogen (secondary N) is 2. The van der Waals surface area contributed by atoms with Gasteiger partial charge in [0.05, 0.1) is 0 Å². The highest BCUT2D eigenvalue weighted by Crippen LogP contribution is 2.25. The molecular weight excluding hydrogens is 318 g/mol. The second-order valence-electron chi connectivity index (χ2n) is 4.96. The Bertz CT molecular complexity index is 478. The van der Waals surface area contributed by atoms with Gasteiger partial charge in [-0.1, -0.05) is 28.1 Å². The maximum absolute atomic E-state index is 11.5. The van der Waals surface area contributed by atoms with Gasteiger partial charge in [-0.3, -0.25) is 0 Å². The number of rotatable bonds is 5. The first-order valence-corrected chi connectivity index (χ1v) is 7.61. The molecule has 1 saturated heterocycles. The third kappa shape index (κ3) is 4.27. The molecule has 0 aliphatic carbocycles. The van der Waals surface area contributed by atoms with Crippen LogP contribution in [-0.2, 0) is 0 Å². The molecule has 1 aromatic rings. The molecule has 0 spiro atoms. The van der Waals surface area contributed by atoms with Gasteiger partial charge >= 0.3 is 6.03 Å². The highest BCUT2D eigenvalue weighted by molar-refractivity contribution is 9.10. The van der Waals surface area contributed by atoms with Gasteiger partial charge in [0.1, 0.15) is 0 Å². The zero-order valence-corrected chi connectivity index (χ0v) is 13.0. The molecule has 2 rings (SSSR count). The van der Waals surface area contributed by atoms with Crippen molar-refractivity contribution in [1.82, 2.24) is 10.6 Å². The number of nitrogens with zero attached hydrogens (tertiary/aromatic N) is 1. The van der Waals surface area contributed by atoms with Gasteiger partial charge in [0.25, 0.3) is 0 Å². The number of hydrogen-bond acceptors (Lipinski definition) is 2. The number of urea groups is 1. The van der Waals surface area contributed by atoms with E-state index in [9.17, 15) is 4.79 Å². The molecule has 0 radical (unpaired) electrons. The molecule has 1 unspecified atom stereocenters. The molecule has 0 bridgehead atoms. The largest absolute Gasteiger partial charge is 0.371 e. The zero-order valence-electron chi connectivity index (χ0n) is 11.4. The normalized spacial score (nSPS) is 17.9. The second-order valence-corrected chi connectivity index (χ2v) is 5.88. The predicted octanol–water partition coefficient (Wildman–Crippen LogP) is 2.76. The highest BCUT2D eigenvalue weighted by atomic mass is 79.9. The summed E-state index contributed by atoms with van der Waals surface area (Å²) in [5.41, 5.74) is 1.23. The van der Waals surface area contributed by atoms with Crippen molar-refractivity contribution in [3.8, 4) is 0 Å². The minimum absolute atomic E-state index is 0.120. The van der Waals surface area contributed by atoms with Crippen LogP contribution in [0.4, 0.5) is 10.5 Å². The topological polar surface area (TPSA) is 44.4 Å². The SMILES string of the molecule is C=CCNC(=O)NCC1CCN(c2cccc(Br)c2)C1. The summed E-state index contributed by atoms with van der Waals surface area (Å²) in [5.74, 6) is 0.503. The molecule has 20 heavy (non-hydrogen) atoms. The Morgan fingerprint density at radius 2 is 2.35 bits per heavy atom. The predicted molar refractivity (Wildman–Crippen MR) is 86.1 cm³/mol. The van der Waals surface area contributed by atoms with Gasteiger partial charge in [-0.25, -0.2) is 4.79 Å². The molecule has 5 heteroatoms. The Morgan fingerprint density at radius 3 is 3.10 bits per heavy atom. The molecule has 1 fully saturated rings. The Hall–Kier alpha value is -1.49. The lowest BCUT2D eigenvalue weighted by Gasteiger charge is -2.19. The first-order valence-electron chi connectivity index (χ1n) is 6.82. The fourth-order valence-electron chi connectivity index (χ4n) is 2.37. The Morgan fingerprint density at radius 1 is 1.50 bits per heavy atom. The number of benzene rings is 1. The second kappa shape index (κ2) is 7.33.